The molecule has 100 valence electrons. The summed E-state index contributed by atoms with van der Waals surface area (Å²) in [5.41, 5.74) is 0.449. The molecule has 0 saturated heterocycles. The highest BCUT2D eigenvalue weighted by Crippen LogP contribution is 2.07. The Kier molecular flexibility index (Phi) is 7.44. The van der Waals surface area contributed by atoms with Crippen molar-refractivity contribution in [2.45, 2.75) is 6.42 Å². The molecule has 0 unspecified atom stereocenters. The summed E-state index contributed by atoms with van der Waals surface area (Å²) in [6.45, 7) is 2.40. The molecule has 0 heterocycles. The van der Waals surface area contributed by atoms with Gasteiger partial charge in [0.15, 0.2) is 0 Å². The first-order valence-corrected chi connectivity index (χ1v) is 5.89. The van der Waals surface area contributed by atoms with Crippen molar-refractivity contribution >= 4 is 12.6 Å². The van der Waals surface area contributed by atoms with Crippen molar-refractivity contribution in [3.05, 3.63) is 24.3 Å². The molecule has 18 heavy (non-hydrogen) atoms. The van der Waals surface area contributed by atoms with Gasteiger partial charge in [0.25, 0.3) is 0 Å². The number of hydrogen-bond acceptors (Lipinski definition) is 5. The molecule has 2 N–H and O–H groups in total. The molecule has 0 atom stereocenters. The Balaban J connectivity index is 2.12. The number of ether oxygens (including phenoxy) is 3. The van der Waals surface area contributed by atoms with Crippen molar-refractivity contribution in [3.8, 4) is 5.75 Å². The topological polar surface area (TPSA) is 68.2 Å². The van der Waals surface area contributed by atoms with E-state index in [4.69, 9.17) is 24.3 Å². The molecule has 0 spiro atoms. The third kappa shape index (κ3) is 6.02. The van der Waals surface area contributed by atoms with Gasteiger partial charge < -0.3 is 24.3 Å². The Labute approximate surface area is 107 Å². The first kappa shape index (κ1) is 15.0. The van der Waals surface area contributed by atoms with Gasteiger partial charge in [0.1, 0.15) is 5.75 Å². The van der Waals surface area contributed by atoms with E-state index in [9.17, 15) is 0 Å². The van der Waals surface area contributed by atoms with E-state index in [1.165, 1.54) is 0 Å². The van der Waals surface area contributed by atoms with Gasteiger partial charge in [-0.2, -0.15) is 0 Å². The minimum atomic E-state index is -1.44. The lowest BCUT2D eigenvalue weighted by Gasteiger charge is -2.07. The number of hydrogen-bond donors (Lipinski definition) is 2. The minimum absolute atomic E-state index is 0.449. The molecule has 1 rings (SSSR count). The average molecular weight is 254 g/mol. The summed E-state index contributed by atoms with van der Waals surface area (Å²) in [5.74, 6) is 0.705. The Bertz CT molecular complexity index is 315. The monoisotopic (exact) mass is 254 g/mol. The molecule has 1 aromatic rings. The second kappa shape index (κ2) is 8.94. The molecular formula is C12H19BO5. The van der Waals surface area contributed by atoms with Gasteiger partial charge >= 0.3 is 7.12 Å². The van der Waals surface area contributed by atoms with Crippen molar-refractivity contribution < 1.29 is 24.3 Å². The van der Waals surface area contributed by atoms with Crippen molar-refractivity contribution in [2.24, 2.45) is 0 Å². The van der Waals surface area contributed by atoms with Crippen molar-refractivity contribution in [1.82, 2.24) is 0 Å². The van der Waals surface area contributed by atoms with Crippen LogP contribution in [-0.4, -0.2) is 50.7 Å². The Hall–Kier alpha value is -1.08. The first-order valence-electron chi connectivity index (χ1n) is 5.89. The molecule has 0 radical (unpaired) electrons. The largest absolute Gasteiger partial charge is 0.494 e. The van der Waals surface area contributed by atoms with Gasteiger partial charge in [0.05, 0.1) is 19.8 Å². The van der Waals surface area contributed by atoms with Crippen LogP contribution in [0.15, 0.2) is 24.3 Å². The molecule has 0 aliphatic heterocycles. The van der Waals surface area contributed by atoms with Gasteiger partial charge in [-0.25, -0.2) is 0 Å². The highest BCUT2D eigenvalue weighted by atomic mass is 16.5. The SMILES string of the molecule is COCCOCCCOc1ccc(B(O)O)cc1. The van der Waals surface area contributed by atoms with Crippen LogP contribution < -0.4 is 10.2 Å². The van der Waals surface area contributed by atoms with Crippen LogP contribution in [0.4, 0.5) is 0 Å². The van der Waals surface area contributed by atoms with Gasteiger partial charge in [-0.3, -0.25) is 0 Å². The fraction of sp³-hybridized carbons (Fsp3) is 0.500. The molecule has 0 amide bonds. The Morgan fingerprint density at radius 1 is 1.00 bits per heavy atom. The summed E-state index contributed by atoms with van der Waals surface area (Å²) < 4.78 is 15.6. The first-order chi connectivity index (χ1) is 8.74. The van der Waals surface area contributed by atoms with Crippen molar-refractivity contribution in [2.75, 3.05) is 33.5 Å². The van der Waals surface area contributed by atoms with E-state index >= 15 is 0 Å². The number of rotatable bonds is 9. The lowest BCUT2D eigenvalue weighted by Crippen LogP contribution is -2.29. The molecule has 0 fully saturated rings. The molecular weight excluding hydrogens is 235 g/mol. The van der Waals surface area contributed by atoms with Gasteiger partial charge in [0, 0.05) is 20.1 Å². The standard InChI is InChI=1S/C12H19BO5/c1-16-9-10-17-7-2-8-18-12-5-3-11(4-6-12)13(14)15/h3-6,14-15H,2,7-10H2,1H3. The third-order valence-corrected chi connectivity index (χ3v) is 2.31. The summed E-state index contributed by atoms with van der Waals surface area (Å²) in [6.07, 6.45) is 0.800. The summed E-state index contributed by atoms with van der Waals surface area (Å²) in [4.78, 5) is 0. The van der Waals surface area contributed by atoms with E-state index < -0.39 is 7.12 Å². The van der Waals surface area contributed by atoms with Crippen LogP contribution >= 0.6 is 0 Å². The fourth-order valence-corrected chi connectivity index (χ4v) is 1.33. The zero-order valence-corrected chi connectivity index (χ0v) is 10.5. The Morgan fingerprint density at radius 3 is 2.33 bits per heavy atom. The molecule has 0 aliphatic carbocycles. The van der Waals surface area contributed by atoms with Crippen LogP contribution in [0.3, 0.4) is 0 Å². The summed E-state index contributed by atoms with van der Waals surface area (Å²) in [5, 5.41) is 17.8. The molecule has 0 aromatic heterocycles. The zero-order chi connectivity index (χ0) is 13.2. The molecule has 0 aliphatic rings. The van der Waals surface area contributed by atoms with Crippen LogP contribution in [0.5, 0.6) is 5.75 Å². The van der Waals surface area contributed by atoms with Gasteiger partial charge in [0.2, 0.25) is 0 Å². The van der Waals surface area contributed by atoms with E-state index in [2.05, 4.69) is 0 Å². The summed E-state index contributed by atoms with van der Waals surface area (Å²) in [7, 11) is 0.202. The van der Waals surface area contributed by atoms with Crippen LogP contribution in [0.2, 0.25) is 0 Å². The fourth-order valence-electron chi connectivity index (χ4n) is 1.33. The maximum atomic E-state index is 8.92. The zero-order valence-electron chi connectivity index (χ0n) is 10.5. The summed E-state index contributed by atoms with van der Waals surface area (Å²) in [6, 6.07) is 6.66. The van der Waals surface area contributed by atoms with E-state index in [1.807, 2.05) is 0 Å². The van der Waals surface area contributed by atoms with Crippen LogP contribution in [-0.2, 0) is 9.47 Å². The lowest BCUT2D eigenvalue weighted by molar-refractivity contribution is 0.0644. The van der Waals surface area contributed by atoms with Crippen molar-refractivity contribution in [3.63, 3.8) is 0 Å². The van der Waals surface area contributed by atoms with Crippen LogP contribution in [0.1, 0.15) is 6.42 Å². The smallest absolute Gasteiger partial charge is 0.488 e. The van der Waals surface area contributed by atoms with E-state index in [1.54, 1.807) is 31.4 Å². The maximum absolute atomic E-state index is 8.92. The highest BCUT2D eigenvalue weighted by Gasteiger charge is 2.09. The normalized spacial score (nSPS) is 10.4. The third-order valence-electron chi connectivity index (χ3n) is 2.31. The molecule has 0 bridgehead atoms. The van der Waals surface area contributed by atoms with Crippen LogP contribution in [0.25, 0.3) is 0 Å². The van der Waals surface area contributed by atoms with Gasteiger partial charge in [-0.1, -0.05) is 12.1 Å². The van der Waals surface area contributed by atoms with Gasteiger partial charge in [-0.05, 0) is 17.6 Å². The highest BCUT2D eigenvalue weighted by molar-refractivity contribution is 6.58. The average Bonchev–Trinajstić information content (AvgIpc) is 2.38. The second-order valence-electron chi connectivity index (χ2n) is 3.75. The quantitative estimate of drug-likeness (QED) is 0.471. The Morgan fingerprint density at radius 2 is 1.72 bits per heavy atom. The van der Waals surface area contributed by atoms with Crippen LogP contribution in [0, 0.1) is 0 Å². The number of methoxy groups -OCH3 is 1. The summed E-state index contributed by atoms with van der Waals surface area (Å²) >= 11 is 0. The molecule has 1 aromatic carbocycles. The van der Waals surface area contributed by atoms with E-state index in [0.717, 1.165) is 6.42 Å². The van der Waals surface area contributed by atoms with E-state index in [0.29, 0.717) is 37.6 Å². The second-order valence-corrected chi connectivity index (χ2v) is 3.75. The van der Waals surface area contributed by atoms with Crippen molar-refractivity contribution in [1.29, 1.82) is 0 Å². The molecule has 0 saturated carbocycles. The minimum Gasteiger partial charge on any atom is -0.494 e. The maximum Gasteiger partial charge on any atom is 0.488 e. The predicted molar refractivity (Wildman–Crippen MR) is 69.1 cm³/mol. The van der Waals surface area contributed by atoms with E-state index in [-0.39, 0.29) is 0 Å². The predicted octanol–water partition coefficient (Wildman–Crippen LogP) is -0.202. The molecule has 6 heteroatoms. The lowest BCUT2D eigenvalue weighted by atomic mass is 9.80. The molecule has 5 nitrogen and oxygen atoms in total. The van der Waals surface area contributed by atoms with Gasteiger partial charge in [-0.15, -0.1) is 0 Å². The number of benzene rings is 1.